The molecule has 0 atom stereocenters. The summed E-state index contributed by atoms with van der Waals surface area (Å²) >= 11 is 0. The van der Waals surface area contributed by atoms with Crippen LogP contribution in [0.5, 0.6) is 5.75 Å². The van der Waals surface area contributed by atoms with Gasteiger partial charge in [0.05, 0.1) is 0 Å². The predicted octanol–water partition coefficient (Wildman–Crippen LogP) is 2.87. The van der Waals surface area contributed by atoms with Crippen LogP contribution in [-0.4, -0.2) is 22.5 Å². The fourth-order valence-corrected chi connectivity index (χ4v) is 1.48. The molecule has 1 heterocycles. The predicted molar refractivity (Wildman–Crippen MR) is 64.4 cm³/mol. The minimum atomic E-state index is -4.75. The van der Waals surface area contributed by atoms with E-state index in [1.807, 2.05) is 0 Å². The summed E-state index contributed by atoms with van der Waals surface area (Å²) in [4.78, 5) is 11.8. The first-order chi connectivity index (χ1) is 9.33. The van der Waals surface area contributed by atoms with Crippen molar-refractivity contribution in [1.82, 2.24) is 10.2 Å². The zero-order valence-corrected chi connectivity index (χ0v) is 10.3. The summed E-state index contributed by atoms with van der Waals surface area (Å²) in [5.41, 5.74) is 0.967. The molecule has 0 aliphatic carbocycles. The summed E-state index contributed by atoms with van der Waals surface area (Å²) in [5, 5.41) is 8.97. The van der Waals surface area contributed by atoms with Gasteiger partial charge in [0.15, 0.2) is 5.82 Å². The number of nitrogens with zero attached hydrogens (tertiary/aromatic N) is 1. The molecule has 1 aromatic heterocycles. The molecule has 20 heavy (non-hydrogen) atoms. The van der Waals surface area contributed by atoms with Crippen LogP contribution in [0.3, 0.4) is 0 Å². The molecule has 106 valence electrons. The van der Waals surface area contributed by atoms with E-state index in [1.54, 1.807) is 13.0 Å². The zero-order valence-electron chi connectivity index (χ0n) is 10.3. The Morgan fingerprint density at radius 2 is 1.95 bits per heavy atom. The van der Waals surface area contributed by atoms with Crippen molar-refractivity contribution in [3.8, 4) is 5.75 Å². The minimum Gasteiger partial charge on any atom is -0.406 e. The second kappa shape index (κ2) is 5.24. The smallest absolute Gasteiger partial charge is 0.406 e. The van der Waals surface area contributed by atoms with Crippen LogP contribution in [0.15, 0.2) is 30.3 Å². The highest BCUT2D eigenvalue weighted by Gasteiger charge is 2.31. The van der Waals surface area contributed by atoms with Gasteiger partial charge in [0, 0.05) is 17.3 Å². The number of aryl methyl sites for hydroxylation is 1. The molecule has 0 spiro atoms. The fourth-order valence-electron chi connectivity index (χ4n) is 1.48. The Balaban J connectivity index is 2.04. The van der Waals surface area contributed by atoms with Gasteiger partial charge in [-0.1, -0.05) is 0 Å². The molecular weight excluding hydrogens is 275 g/mol. The first-order valence-corrected chi connectivity index (χ1v) is 5.53. The number of hydrogen-bond donors (Lipinski definition) is 2. The van der Waals surface area contributed by atoms with Crippen LogP contribution in [0.4, 0.5) is 19.0 Å². The van der Waals surface area contributed by atoms with Crippen LogP contribution in [0.2, 0.25) is 0 Å². The summed E-state index contributed by atoms with van der Waals surface area (Å²) in [7, 11) is 0. The Labute approximate surface area is 111 Å². The Hall–Kier alpha value is -2.51. The van der Waals surface area contributed by atoms with Crippen molar-refractivity contribution in [2.45, 2.75) is 13.3 Å². The maximum atomic E-state index is 12.0. The van der Waals surface area contributed by atoms with E-state index in [1.165, 1.54) is 12.1 Å². The average Bonchev–Trinajstić information content (AvgIpc) is 2.73. The number of halogens is 3. The molecule has 1 aromatic carbocycles. The lowest BCUT2D eigenvalue weighted by Gasteiger charge is -2.09. The van der Waals surface area contributed by atoms with Crippen molar-refractivity contribution in [3.63, 3.8) is 0 Å². The van der Waals surface area contributed by atoms with E-state index in [2.05, 4.69) is 20.3 Å². The fraction of sp³-hybridized carbons (Fsp3) is 0.167. The van der Waals surface area contributed by atoms with E-state index in [9.17, 15) is 18.0 Å². The molecule has 0 aliphatic heterocycles. The topological polar surface area (TPSA) is 67.0 Å². The standard InChI is InChI=1S/C12H10F3N3O2/c1-7-6-10(18-17-7)16-11(19)8-2-4-9(5-3-8)20-12(13,14)15/h2-6H,1H3,(H2,16,17,18,19). The van der Waals surface area contributed by atoms with E-state index in [0.29, 0.717) is 5.82 Å². The van der Waals surface area contributed by atoms with Gasteiger partial charge in [0.2, 0.25) is 0 Å². The Kier molecular flexibility index (Phi) is 3.64. The molecule has 2 N–H and O–H groups in total. The first-order valence-electron chi connectivity index (χ1n) is 5.53. The lowest BCUT2D eigenvalue weighted by atomic mass is 10.2. The van der Waals surface area contributed by atoms with Crippen LogP contribution >= 0.6 is 0 Å². The van der Waals surface area contributed by atoms with Crippen molar-refractivity contribution in [2.75, 3.05) is 5.32 Å². The van der Waals surface area contributed by atoms with Gasteiger partial charge >= 0.3 is 6.36 Å². The molecule has 0 saturated carbocycles. The van der Waals surface area contributed by atoms with Gasteiger partial charge in [-0.2, -0.15) is 5.10 Å². The van der Waals surface area contributed by atoms with E-state index < -0.39 is 12.3 Å². The lowest BCUT2D eigenvalue weighted by Crippen LogP contribution is -2.17. The maximum absolute atomic E-state index is 12.0. The third-order valence-corrected chi connectivity index (χ3v) is 2.30. The molecule has 0 bridgehead atoms. The number of H-pyrrole nitrogens is 1. The number of ether oxygens (including phenoxy) is 1. The number of carbonyl (C=O) groups excluding carboxylic acids is 1. The summed E-state index contributed by atoms with van der Waals surface area (Å²) in [6, 6.07) is 6.22. The number of amides is 1. The van der Waals surface area contributed by atoms with E-state index in [-0.39, 0.29) is 11.3 Å². The van der Waals surface area contributed by atoms with Crippen molar-refractivity contribution >= 4 is 11.7 Å². The maximum Gasteiger partial charge on any atom is 0.573 e. The molecule has 1 amide bonds. The highest BCUT2D eigenvalue weighted by atomic mass is 19.4. The molecule has 5 nitrogen and oxygen atoms in total. The van der Waals surface area contributed by atoms with Gasteiger partial charge in [0.25, 0.3) is 5.91 Å². The van der Waals surface area contributed by atoms with Crippen LogP contribution in [-0.2, 0) is 0 Å². The van der Waals surface area contributed by atoms with E-state index in [0.717, 1.165) is 17.8 Å². The van der Waals surface area contributed by atoms with Gasteiger partial charge in [-0.3, -0.25) is 9.89 Å². The minimum absolute atomic E-state index is 0.195. The Morgan fingerprint density at radius 3 is 2.45 bits per heavy atom. The van der Waals surface area contributed by atoms with Gasteiger partial charge in [-0.05, 0) is 31.2 Å². The lowest BCUT2D eigenvalue weighted by molar-refractivity contribution is -0.274. The van der Waals surface area contributed by atoms with Crippen molar-refractivity contribution < 1.29 is 22.7 Å². The summed E-state index contributed by atoms with van der Waals surface area (Å²) in [5.74, 6) is -0.525. The number of alkyl halides is 3. The molecular formula is C12H10F3N3O2. The van der Waals surface area contributed by atoms with E-state index in [4.69, 9.17) is 0 Å². The number of aromatic amines is 1. The molecule has 0 saturated heterocycles. The summed E-state index contributed by atoms with van der Waals surface area (Å²) in [6.45, 7) is 1.77. The second-order valence-corrected chi connectivity index (χ2v) is 3.96. The Bertz CT molecular complexity index is 605. The van der Waals surface area contributed by atoms with Gasteiger partial charge < -0.3 is 10.1 Å². The quantitative estimate of drug-likeness (QED) is 0.911. The van der Waals surface area contributed by atoms with Crippen molar-refractivity contribution in [2.24, 2.45) is 0 Å². The molecule has 8 heteroatoms. The van der Waals surface area contributed by atoms with Crippen LogP contribution in [0.1, 0.15) is 16.1 Å². The first kappa shape index (κ1) is 13.9. The average molecular weight is 285 g/mol. The van der Waals surface area contributed by atoms with Gasteiger partial charge in [-0.25, -0.2) is 0 Å². The number of benzene rings is 1. The Morgan fingerprint density at radius 1 is 1.30 bits per heavy atom. The number of anilines is 1. The van der Waals surface area contributed by atoms with Gasteiger partial charge in [0.1, 0.15) is 5.75 Å². The third kappa shape index (κ3) is 3.74. The molecule has 2 aromatic rings. The van der Waals surface area contributed by atoms with E-state index >= 15 is 0 Å². The molecule has 2 rings (SSSR count). The molecule has 0 radical (unpaired) electrons. The number of carbonyl (C=O) groups is 1. The number of aromatic nitrogens is 2. The molecule has 0 unspecified atom stereocenters. The van der Waals surface area contributed by atoms with Crippen molar-refractivity contribution in [1.29, 1.82) is 0 Å². The number of nitrogens with one attached hydrogen (secondary N) is 2. The summed E-state index contributed by atoms with van der Waals surface area (Å²) in [6.07, 6.45) is -4.75. The summed E-state index contributed by atoms with van der Waals surface area (Å²) < 4.78 is 39.6. The highest BCUT2D eigenvalue weighted by Crippen LogP contribution is 2.22. The van der Waals surface area contributed by atoms with Crippen molar-refractivity contribution in [3.05, 3.63) is 41.6 Å². The molecule has 0 fully saturated rings. The van der Waals surface area contributed by atoms with Crippen LogP contribution < -0.4 is 10.1 Å². The zero-order chi connectivity index (χ0) is 14.8. The van der Waals surface area contributed by atoms with Crippen LogP contribution in [0, 0.1) is 6.92 Å². The number of hydrogen-bond acceptors (Lipinski definition) is 3. The third-order valence-electron chi connectivity index (χ3n) is 2.30. The number of rotatable bonds is 3. The molecule has 0 aliphatic rings. The monoisotopic (exact) mass is 285 g/mol. The second-order valence-electron chi connectivity index (χ2n) is 3.96. The largest absolute Gasteiger partial charge is 0.573 e. The SMILES string of the molecule is Cc1cc(NC(=O)c2ccc(OC(F)(F)F)cc2)n[nH]1. The van der Waals surface area contributed by atoms with Crippen LogP contribution in [0.25, 0.3) is 0 Å². The highest BCUT2D eigenvalue weighted by molar-refractivity contribution is 6.03. The van der Waals surface area contributed by atoms with Gasteiger partial charge in [-0.15, -0.1) is 13.2 Å². The normalized spacial score (nSPS) is 11.2.